The van der Waals surface area contributed by atoms with Crippen LogP contribution in [0.2, 0.25) is 0 Å². The van der Waals surface area contributed by atoms with Crippen LogP contribution in [-0.2, 0) is 0 Å². The highest BCUT2D eigenvalue weighted by molar-refractivity contribution is 6.20. The topological polar surface area (TPSA) is 40.6 Å². The molecular weight excluding hydrogens is 331 g/mol. The summed E-state index contributed by atoms with van der Waals surface area (Å²) < 4.78 is 13.2. The lowest BCUT2D eigenvalue weighted by atomic mass is 10.0. The minimum atomic E-state index is -0.443. The van der Waals surface area contributed by atoms with Crippen LogP contribution in [0.25, 0.3) is 0 Å². The minimum Gasteiger partial charge on any atom is -0.321 e. The van der Waals surface area contributed by atoms with Crippen LogP contribution < -0.4 is 4.90 Å². The monoisotopic (exact) mass is 354 g/mol. The smallest absolute Gasteiger partial charge is 0.321 e. The van der Waals surface area contributed by atoms with Gasteiger partial charge in [-0.1, -0.05) is 25.1 Å². The van der Waals surface area contributed by atoms with Crippen molar-refractivity contribution in [3.8, 4) is 0 Å². The molecule has 0 spiro atoms. The predicted octanol–water partition coefficient (Wildman–Crippen LogP) is 4.86. The van der Waals surface area contributed by atoms with Crippen molar-refractivity contribution in [3.63, 3.8) is 0 Å². The second-order valence-corrected chi connectivity index (χ2v) is 6.52. The van der Waals surface area contributed by atoms with Gasteiger partial charge in [0.25, 0.3) is 5.91 Å². The van der Waals surface area contributed by atoms with Gasteiger partial charge in [-0.3, -0.25) is 4.79 Å². The van der Waals surface area contributed by atoms with Crippen molar-refractivity contribution in [2.45, 2.75) is 38.6 Å². The van der Waals surface area contributed by atoms with Gasteiger partial charge >= 0.3 is 6.03 Å². The number of piperidine rings is 1. The Bertz CT molecular complexity index is 761. The molecule has 26 heavy (non-hydrogen) atoms. The zero-order valence-electron chi connectivity index (χ0n) is 14.9. The fraction of sp³-hybridized carbons (Fsp3) is 0.333. The van der Waals surface area contributed by atoms with E-state index in [-0.39, 0.29) is 17.6 Å². The fourth-order valence-electron chi connectivity index (χ4n) is 3.42. The number of carbonyl (C=O) groups excluding carboxylic acids is 2. The SMILES string of the molecule is CCC1CCCCN1C(=O)N(C(=O)c1ccc(F)cc1)c1ccccc1. The largest absolute Gasteiger partial charge is 0.331 e. The number of carbonyl (C=O) groups is 2. The third-order valence-corrected chi connectivity index (χ3v) is 4.84. The van der Waals surface area contributed by atoms with E-state index in [1.165, 1.54) is 29.2 Å². The maximum atomic E-state index is 13.3. The number of imide groups is 1. The van der Waals surface area contributed by atoms with Crippen LogP contribution in [0.3, 0.4) is 0 Å². The average Bonchev–Trinajstić information content (AvgIpc) is 2.69. The molecule has 0 N–H and O–H groups in total. The summed E-state index contributed by atoms with van der Waals surface area (Å²) in [5.41, 5.74) is 0.806. The molecule has 0 aliphatic carbocycles. The lowest BCUT2D eigenvalue weighted by Gasteiger charge is -2.38. The van der Waals surface area contributed by atoms with Crippen molar-refractivity contribution in [1.29, 1.82) is 0 Å². The van der Waals surface area contributed by atoms with Gasteiger partial charge in [0.15, 0.2) is 0 Å². The van der Waals surface area contributed by atoms with Crippen LogP contribution in [0.15, 0.2) is 54.6 Å². The normalized spacial score (nSPS) is 17.0. The molecule has 2 aromatic rings. The Morgan fingerprint density at radius 2 is 1.77 bits per heavy atom. The van der Waals surface area contributed by atoms with Crippen LogP contribution in [0.1, 0.15) is 43.0 Å². The number of benzene rings is 2. The van der Waals surface area contributed by atoms with E-state index in [1.807, 2.05) is 6.07 Å². The number of urea groups is 1. The van der Waals surface area contributed by atoms with Crippen molar-refractivity contribution in [1.82, 2.24) is 4.90 Å². The second kappa shape index (κ2) is 8.13. The van der Waals surface area contributed by atoms with Gasteiger partial charge in [0.05, 0.1) is 5.69 Å². The maximum absolute atomic E-state index is 13.3. The van der Waals surface area contributed by atoms with Gasteiger partial charge in [-0.15, -0.1) is 0 Å². The zero-order chi connectivity index (χ0) is 18.5. The highest BCUT2D eigenvalue weighted by Crippen LogP contribution is 2.25. The van der Waals surface area contributed by atoms with E-state index in [1.54, 1.807) is 29.2 Å². The number of anilines is 1. The number of rotatable bonds is 3. The first-order valence-electron chi connectivity index (χ1n) is 9.07. The van der Waals surface area contributed by atoms with Gasteiger partial charge in [-0.05, 0) is 62.1 Å². The first-order chi connectivity index (χ1) is 12.6. The quantitative estimate of drug-likeness (QED) is 0.790. The maximum Gasteiger partial charge on any atom is 0.331 e. The Balaban J connectivity index is 1.96. The number of para-hydroxylation sites is 1. The Morgan fingerprint density at radius 3 is 2.42 bits per heavy atom. The number of amides is 3. The summed E-state index contributed by atoms with van der Waals surface area (Å²) in [5, 5.41) is 0. The molecule has 1 unspecified atom stereocenters. The molecule has 136 valence electrons. The van der Waals surface area contributed by atoms with Crippen LogP contribution in [0, 0.1) is 5.82 Å². The highest BCUT2D eigenvalue weighted by atomic mass is 19.1. The van der Waals surface area contributed by atoms with Crippen LogP contribution in [-0.4, -0.2) is 29.4 Å². The van der Waals surface area contributed by atoms with Crippen molar-refractivity contribution in [2.75, 3.05) is 11.4 Å². The van der Waals surface area contributed by atoms with E-state index in [0.717, 1.165) is 25.7 Å². The zero-order valence-corrected chi connectivity index (χ0v) is 14.9. The van der Waals surface area contributed by atoms with E-state index in [4.69, 9.17) is 0 Å². The number of halogens is 1. The summed E-state index contributed by atoms with van der Waals surface area (Å²) in [6.45, 7) is 2.71. The molecule has 1 aliphatic heterocycles. The molecule has 1 heterocycles. The molecule has 1 aliphatic rings. The summed E-state index contributed by atoms with van der Waals surface area (Å²) in [5.74, 6) is -0.858. The van der Waals surface area contributed by atoms with Gasteiger partial charge in [0.2, 0.25) is 0 Å². The standard InChI is InChI=1S/C21H23FN2O2/c1-2-18-8-6-7-15-23(18)21(26)24(19-9-4-3-5-10-19)20(25)16-11-13-17(22)14-12-16/h3-5,9-14,18H,2,6-8,15H2,1H3. The Kier molecular flexibility index (Phi) is 5.66. The molecule has 4 nitrogen and oxygen atoms in total. The Hall–Kier alpha value is -2.69. The van der Waals surface area contributed by atoms with Crippen molar-refractivity contribution in [2.24, 2.45) is 0 Å². The molecule has 3 rings (SSSR count). The molecule has 0 radical (unpaired) electrons. The third kappa shape index (κ3) is 3.77. The molecule has 1 atom stereocenters. The molecular formula is C21H23FN2O2. The molecule has 2 aromatic carbocycles. The van der Waals surface area contributed by atoms with Crippen LogP contribution >= 0.6 is 0 Å². The van der Waals surface area contributed by atoms with Gasteiger partial charge in [0.1, 0.15) is 5.82 Å². The van der Waals surface area contributed by atoms with E-state index < -0.39 is 11.7 Å². The molecule has 0 aromatic heterocycles. The van der Waals surface area contributed by atoms with E-state index in [0.29, 0.717) is 12.2 Å². The highest BCUT2D eigenvalue weighted by Gasteiger charge is 2.33. The average molecular weight is 354 g/mol. The fourth-order valence-corrected chi connectivity index (χ4v) is 3.42. The lowest BCUT2D eigenvalue weighted by Crippen LogP contribution is -2.52. The van der Waals surface area contributed by atoms with Gasteiger partial charge in [-0.2, -0.15) is 0 Å². The second-order valence-electron chi connectivity index (χ2n) is 6.52. The van der Waals surface area contributed by atoms with Crippen molar-refractivity contribution < 1.29 is 14.0 Å². The van der Waals surface area contributed by atoms with Crippen molar-refractivity contribution >= 4 is 17.6 Å². The summed E-state index contributed by atoms with van der Waals surface area (Å²) in [6, 6.07) is 14.0. The first kappa shape index (κ1) is 18.1. The van der Waals surface area contributed by atoms with E-state index >= 15 is 0 Å². The van der Waals surface area contributed by atoms with Gasteiger partial charge < -0.3 is 4.90 Å². The number of hydrogen-bond donors (Lipinski definition) is 0. The summed E-state index contributed by atoms with van der Waals surface area (Å²) in [6.07, 6.45) is 3.85. The van der Waals surface area contributed by atoms with Gasteiger partial charge in [0, 0.05) is 18.2 Å². The van der Waals surface area contributed by atoms with E-state index in [9.17, 15) is 14.0 Å². The molecule has 3 amide bonds. The molecule has 0 bridgehead atoms. The van der Waals surface area contributed by atoms with Crippen LogP contribution in [0.5, 0.6) is 0 Å². The Morgan fingerprint density at radius 1 is 1.08 bits per heavy atom. The number of nitrogens with zero attached hydrogens (tertiary/aromatic N) is 2. The molecule has 1 fully saturated rings. The lowest BCUT2D eigenvalue weighted by molar-refractivity contribution is 0.0972. The number of likely N-dealkylation sites (tertiary alicyclic amines) is 1. The third-order valence-electron chi connectivity index (χ3n) is 4.84. The summed E-state index contributed by atoms with van der Waals surface area (Å²) >= 11 is 0. The molecule has 5 heteroatoms. The summed E-state index contributed by atoms with van der Waals surface area (Å²) in [7, 11) is 0. The predicted molar refractivity (Wildman–Crippen MR) is 99.7 cm³/mol. The molecule has 0 saturated carbocycles. The van der Waals surface area contributed by atoms with Gasteiger partial charge in [-0.25, -0.2) is 14.1 Å². The van der Waals surface area contributed by atoms with Crippen molar-refractivity contribution in [3.05, 3.63) is 66.0 Å². The Labute approximate surface area is 153 Å². The van der Waals surface area contributed by atoms with Crippen LogP contribution in [0.4, 0.5) is 14.9 Å². The first-order valence-corrected chi connectivity index (χ1v) is 9.07. The minimum absolute atomic E-state index is 0.142. The summed E-state index contributed by atoms with van der Waals surface area (Å²) in [4.78, 5) is 29.4. The molecule has 1 saturated heterocycles. The van der Waals surface area contributed by atoms with E-state index in [2.05, 4.69) is 6.92 Å². The number of hydrogen-bond acceptors (Lipinski definition) is 2.